The molecule has 4 aromatic rings. The Morgan fingerprint density at radius 3 is 2.52 bits per heavy atom. The molecule has 0 unspecified atom stereocenters. The molecule has 2 aromatic carbocycles. The van der Waals surface area contributed by atoms with Gasteiger partial charge in [-0.1, -0.05) is 56.3 Å². The van der Waals surface area contributed by atoms with Crippen LogP contribution < -0.4 is 5.73 Å². The lowest BCUT2D eigenvalue weighted by Crippen LogP contribution is -2.10. The lowest BCUT2D eigenvalue weighted by molar-refractivity contribution is 0.294. The number of pyridine rings is 1. The third kappa shape index (κ3) is 3.15. The van der Waals surface area contributed by atoms with Crippen molar-refractivity contribution in [1.82, 2.24) is 14.5 Å². The summed E-state index contributed by atoms with van der Waals surface area (Å²) < 4.78 is 2.19. The topological polar surface area (TPSA) is 77.0 Å². The Bertz CT molecular complexity index is 1100. The maximum absolute atomic E-state index is 9.45. The summed E-state index contributed by atoms with van der Waals surface area (Å²) in [7, 11) is 0. The molecule has 0 amide bonds. The Morgan fingerprint density at radius 1 is 1.04 bits per heavy atom. The number of rotatable bonds is 5. The predicted octanol–water partition coefficient (Wildman–Crippen LogP) is 4.02. The molecule has 27 heavy (non-hydrogen) atoms. The lowest BCUT2D eigenvalue weighted by Gasteiger charge is -2.13. The van der Waals surface area contributed by atoms with E-state index in [1.54, 1.807) is 0 Å². The highest BCUT2D eigenvalue weighted by atomic mass is 16.3. The van der Waals surface area contributed by atoms with Gasteiger partial charge >= 0.3 is 0 Å². The van der Waals surface area contributed by atoms with Gasteiger partial charge in [0.15, 0.2) is 5.82 Å². The molecule has 0 bridgehead atoms. The van der Waals surface area contributed by atoms with Crippen molar-refractivity contribution in [3.05, 3.63) is 54.4 Å². The molecule has 0 aliphatic carbocycles. The van der Waals surface area contributed by atoms with E-state index in [9.17, 15) is 5.11 Å². The normalized spacial score (nSPS) is 11.7. The largest absolute Gasteiger partial charge is 0.396 e. The van der Waals surface area contributed by atoms with Crippen molar-refractivity contribution >= 4 is 27.8 Å². The summed E-state index contributed by atoms with van der Waals surface area (Å²) in [6.45, 7) is 5.24. The second kappa shape index (κ2) is 7.00. The Labute approximate surface area is 158 Å². The third-order valence-corrected chi connectivity index (χ3v) is 4.77. The van der Waals surface area contributed by atoms with Crippen LogP contribution in [0.15, 0.2) is 48.5 Å². The van der Waals surface area contributed by atoms with E-state index in [2.05, 4.69) is 53.7 Å². The van der Waals surface area contributed by atoms with Gasteiger partial charge in [-0.05, 0) is 23.1 Å². The van der Waals surface area contributed by atoms with Crippen LogP contribution in [0.4, 0.5) is 5.82 Å². The van der Waals surface area contributed by atoms with Crippen LogP contribution in [0.3, 0.4) is 0 Å². The molecule has 2 aromatic heterocycles. The zero-order valence-electron chi connectivity index (χ0n) is 15.7. The van der Waals surface area contributed by atoms with Crippen molar-refractivity contribution in [2.45, 2.75) is 26.8 Å². The van der Waals surface area contributed by atoms with E-state index in [-0.39, 0.29) is 6.61 Å². The van der Waals surface area contributed by atoms with Crippen molar-refractivity contribution in [3.8, 4) is 11.1 Å². The standard InChI is InChI=1S/C22H24N4O/c1-14(2)13-26-19(10-11-27)25-20-21(26)17-9-8-16(12-18(17)24-22(20)23)15-6-4-3-5-7-15/h3-9,12,14,27H,10-11,13H2,1-2H3,(H2,23,24). The molecular weight excluding hydrogens is 336 g/mol. The fourth-order valence-corrected chi connectivity index (χ4v) is 3.62. The minimum atomic E-state index is 0.0604. The van der Waals surface area contributed by atoms with E-state index in [1.807, 2.05) is 18.2 Å². The zero-order chi connectivity index (χ0) is 19.0. The van der Waals surface area contributed by atoms with Crippen molar-refractivity contribution in [2.24, 2.45) is 5.92 Å². The number of aromatic nitrogens is 3. The van der Waals surface area contributed by atoms with Gasteiger partial charge in [0.2, 0.25) is 0 Å². The second-order valence-corrected chi connectivity index (χ2v) is 7.30. The van der Waals surface area contributed by atoms with Crippen LogP contribution >= 0.6 is 0 Å². The molecule has 0 aliphatic heterocycles. The number of nitrogen functional groups attached to an aromatic ring is 1. The summed E-state index contributed by atoms with van der Waals surface area (Å²) in [5.74, 6) is 1.74. The Balaban J connectivity index is 1.99. The molecule has 0 radical (unpaired) electrons. The molecule has 0 spiro atoms. The Hall–Kier alpha value is -2.92. The van der Waals surface area contributed by atoms with Crippen molar-refractivity contribution in [1.29, 1.82) is 0 Å². The van der Waals surface area contributed by atoms with E-state index < -0.39 is 0 Å². The monoisotopic (exact) mass is 360 g/mol. The first-order valence-electron chi connectivity index (χ1n) is 9.33. The molecule has 3 N–H and O–H groups in total. The number of aliphatic hydroxyl groups excluding tert-OH is 1. The molecule has 2 heterocycles. The Morgan fingerprint density at radius 2 is 1.81 bits per heavy atom. The minimum absolute atomic E-state index is 0.0604. The number of aliphatic hydroxyl groups is 1. The van der Waals surface area contributed by atoms with E-state index in [4.69, 9.17) is 10.7 Å². The molecule has 5 heteroatoms. The molecular formula is C22H24N4O. The summed E-state index contributed by atoms with van der Waals surface area (Å²) in [6, 6.07) is 16.6. The predicted molar refractivity (Wildman–Crippen MR) is 111 cm³/mol. The maximum atomic E-state index is 9.45. The summed E-state index contributed by atoms with van der Waals surface area (Å²) in [4.78, 5) is 9.32. The van der Waals surface area contributed by atoms with Gasteiger partial charge in [0.25, 0.3) is 0 Å². The van der Waals surface area contributed by atoms with Crippen LogP contribution in [0.5, 0.6) is 0 Å². The van der Waals surface area contributed by atoms with Crippen molar-refractivity contribution < 1.29 is 5.11 Å². The number of fused-ring (bicyclic) bond motifs is 3. The number of imidazole rings is 1. The van der Waals surface area contributed by atoms with Gasteiger partial charge < -0.3 is 15.4 Å². The van der Waals surface area contributed by atoms with Crippen LogP contribution in [0.2, 0.25) is 0 Å². The van der Waals surface area contributed by atoms with Crippen molar-refractivity contribution in [2.75, 3.05) is 12.3 Å². The van der Waals surface area contributed by atoms with E-state index in [0.717, 1.165) is 45.4 Å². The quantitative estimate of drug-likeness (QED) is 0.563. The highest BCUT2D eigenvalue weighted by molar-refractivity contribution is 6.07. The highest BCUT2D eigenvalue weighted by Crippen LogP contribution is 2.32. The van der Waals surface area contributed by atoms with Gasteiger partial charge in [0.1, 0.15) is 11.3 Å². The van der Waals surface area contributed by atoms with Gasteiger partial charge in [0.05, 0.1) is 17.6 Å². The van der Waals surface area contributed by atoms with Crippen LogP contribution in [0.25, 0.3) is 33.1 Å². The number of hydrogen-bond acceptors (Lipinski definition) is 4. The molecule has 138 valence electrons. The molecule has 0 saturated carbocycles. The van der Waals surface area contributed by atoms with Crippen molar-refractivity contribution in [3.63, 3.8) is 0 Å². The molecule has 5 nitrogen and oxygen atoms in total. The van der Waals surface area contributed by atoms with Gasteiger partial charge in [0, 0.05) is 18.4 Å². The average Bonchev–Trinajstić information content (AvgIpc) is 3.01. The number of benzene rings is 2. The van der Waals surface area contributed by atoms with E-state index >= 15 is 0 Å². The summed E-state index contributed by atoms with van der Waals surface area (Å²) in [5.41, 5.74) is 11.1. The third-order valence-electron chi connectivity index (χ3n) is 4.77. The second-order valence-electron chi connectivity index (χ2n) is 7.30. The van der Waals surface area contributed by atoms with Gasteiger partial charge in [-0.25, -0.2) is 9.97 Å². The lowest BCUT2D eigenvalue weighted by atomic mass is 10.0. The van der Waals surface area contributed by atoms with E-state index in [0.29, 0.717) is 18.2 Å². The Kier molecular flexibility index (Phi) is 4.54. The fraction of sp³-hybridized carbons (Fsp3) is 0.273. The van der Waals surface area contributed by atoms with Gasteiger partial charge in [-0.15, -0.1) is 0 Å². The van der Waals surface area contributed by atoms with Gasteiger partial charge in [-0.3, -0.25) is 0 Å². The maximum Gasteiger partial charge on any atom is 0.152 e. The van der Waals surface area contributed by atoms with E-state index in [1.165, 1.54) is 0 Å². The molecule has 0 saturated heterocycles. The minimum Gasteiger partial charge on any atom is -0.396 e. The fourth-order valence-electron chi connectivity index (χ4n) is 3.62. The number of nitrogens with zero attached hydrogens (tertiary/aromatic N) is 3. The average molecular weight is 360 g/mol. The number of nitrogens with two attached hydrogens (primary N) is 1. The van der Waals surface area contributed by atoms with Crippen LogP contribution in [-0.2, 0) is 13.0 Å². The SMILES string of the molecule is CC(C)Cn1c(CCO)nc2c(N)nc3cc(-c4ccccc4)ccc3c21. The number of hydrogen-bond donors (Lipinski definition) is 2. The van der Waals surface area contributed by atoms with Crippen LogP contribution in [0, 0.1) is 5.92 Å². The summed E-state index contributed by atoms with van der Waals surface area (Å²) in [6.07, 6.45) is 0.504. The van der Waals surface area contributed by atoms with Crippen LogP contribution in [0.1, 0.15) is 19.7 Å². The number of anilines is 1. The summed E-state index contributed by atoms with van der Waals surface area (Å²) in [5, 5.41) is 10.5. The smallest absolute Gasteiger partial charge is 0.152 e. The van der Waals surface area contributed by atoms with Crippen LogP contribution in [-0.4, -0.2) is 26.2 Å². The van der Waals surface area contributed by atoms with Gasteiger partial charge in [-0.2, -0.15) is 0 Å². The zero-order valence-corrected chi connectivity index (χ0v) is 15.7. The first-order chi connectivity index (χ1) is 13.1. The molecule has 0 atom stereocenters. The first-order valence-corrected chi connectivity index (χ1v) is 9.33. The first kappa shape index (κ1) is 17.5. The molecule has 4 rings (SSSR count). The highest BCUT2D eigenvalue weighted by Gasteiger charge is 2.18. The summed E-state index contributed by atoms with van der Waals surface area (Å²) >= 11 is 0. The molecule has 0 fully saturated rings. The molecule has 0 aliphatic rings.